The highest BCUT2D eigenvalue weighted by molar-refractivity contribution is 5.83. The van der Waals surface area contributed by atoms with Gasteiger partial charge in [-0.25, -0.2) is 0 Å². The number of hydrogen-bond acceptors (Lipinski definition) is 2. The van der Waals surface area contributed by atoms with E-state index in [-0.39, 0.29) is 16.7 Å². The highest BCUT2D eigenvalue weighted by Crippen LogP contribution is 2.33. The second kappa shape index (κ2) is 2.63. The minimum Gasteiger partial charge on any atom is -0.508 e. The van der Waals surface area contributed by atoms with Gasteiger partial charge in [-0.15, -0.1) is 0 Å². The molecule has 0 aliphatic carbocycles. The molecular formula is C8H5F3N2O. The number of rotatable bonds is 0. The fraction of sp³-hybridized carbons (Fsp3) is 0.125. The molecule has 0 spiro atoms. The zero-order valence-electron chi connectivity index (χ0n) is 6.76. The summed E-state index contributed by atoms with van der Waals surface area (Å²) in [6.45, 7) is 0. The number of H-pyrrole nitrogens is 1. The molecule has 1 aromatic carbocycles. The standard InChI is InChI=1S/C8H5F3N2O/c9-8(10,11)7-5-2-1-4(14)3-6(5)12-13-7/h1-3,14H,(H,12,13). The van der Waals surface area contributed by atoms with E-state index in [1.54, 1.807) is 0 Å². The van der Waals surface area contributed by atoms with Gasteiger partial charge < -0.3 is 5.11 Å². The third-order valence-electron chi connectivity index (χ3n) is 1.82. The Labute approximate surface area is 76.2 Å². The second-order valence-corrected chi connectivity index (χ2v) is 2.80. The van der Waals surface area contributed by atoms with E-state index >= 15 is 0 Å². The normalized spacial score (nSPS) is 12.2. The molecule has 2 aromatic rings. The van der Waals surface area contributed by atoms with Gasteiger partial charge in [-0.2, -0.15) is 18.3 Å². The smallest absolute Gasteiger partial charge is 0.433 e. The van der Waals surface area contributed by atoms with E-state index in [0.717, 1.165) is 0 Å². The van der Waals surface area contributed by atoms with Gasteiger partial charge in [0.25, 0.3) is 0 Å². The monoisotopic (exact) mass is 202 g/mol. The van der Waals surface area contributed by atoms with Crippen LogP contribution in [0.2, 0.25) is 0 Å². The summed E-state index contributed by atoms with van der Waals surface area (Å²) < 4.78 is 37.0. The molecule has 74 valence electrons. The third kappa shape index (κ3) is 1.28. The van der Waals surface area contributed by atoms with E-state index in [4.69, 9.17) is 5.11 Å². The summed E-state index contributed by atoms with van der Waals surface area (Å²) in [5.74, 6) is -0.113. The molecule has 2 rings (SSSR count). The second-order valence-electron chi connectivity index (χ2n) is 2.80. The molecule has 0 aliphatic rings. The summed E-state index contributed by atoms with van der Waals surface area (Å²) in [5, 5.41) is 14.3. The SMILES string of the molecule is Oc1ccc2c(C(F)(F)F)[nH]nc2c1. The van der Waals surface area contributed by atoms with Crippen LogP contribution in [-0.2, 0) is 6.18 Å². The van der Waals surface area contributed by atoms with Crippen molar-refractivity contribution >= 4 is 10.9 Å². The van der Waals surface area contributed by atoms with E-state index in [2.05, 4.69) is 5.10 Å². The van der Waals surface area contributed by atoms with Crippen LogP contribution in [-0.4, -0.2) is 15.3 Å². The quantitative estimate of drug-likeness (QED) is 0.688. The van der Waals surface area contributed by atoms with Crippen LogP contribution >= 0.6 is 0 Å². The van der Waals surface area contributed by atoms with Crippen LogP contribution in [0.1, 0.15) is 5.69 Å². The lowest BCUT2D eigenvalue weighted by Crippen LogP contribution is -2.05. The minimum absolute atomic E-state index is 0.0460. The van der Waals surface area contributed by atoms with E-state index in [9.17, 15) is 13.2 Å². The van der Waals surface area contributed by atoms with Gasteiger partial charge in [0.15, 0.2) is 0 Å². The molecular weight excluding hydrogens is 197 g/mol. The number of aromatic hydroxyl groups is 1. The van der Waals surface area contributed by atoms with E-state index in [1.807, 2.05) is 5.10 Å². The summed E-state index contributed by atoms with van der Waals surface area (Å²) in [4.78, 5) is 0. The summed E-state index contributed by atoms with van der Waals surface area (Å²) in [6, 6.07) is 3.53. The zero-order chi connectivity index (χ0) is 10.3. The maximum atomic E-state index is 12.3. The number of nitrogens with zero attached hydrogens (tertiary/aromatic N) is 1. The van der Waals surface area contributed by atoms with Crippen molar-refractivity contribution in [1.29, 1.82) is 0 Å². The maximum Gasteiger partial charge on any atom is 0.433 e. The van der Waals surface area contributed by atoms with Crippen molar-refractivity contribution in [3.8, 4) is 5.75 Å². The Hall–Kier alpha value is -1.72. The molecule has 2 N–H and O–H groups in total. The summed E-state index contributed by atoms with van der Waals surface area (Å²) in [6.07, 6.45) is -4.45. The third-order valence-corrected chi connectivity index (χ3v) is 1.82. The first kappa shape index (κ1) is 8.86. The van der Waals surface area contributed by atoms with Gasteiger partial charge in [0, 0.05) is 11.5 Å². The van der Waals surface area contributed by atoms with Crippen LogP contribution in [0.5, 0.6) is 5.75 Å². The number of halogens is 3. The number of alkyl halides is 3. The highest BCUT2D eigenvalue weighted by atomic mass is 19.4. The number of benzene rings is 1. The van der Waals surface area contributed by atoms with Gasteiger partial charge in [-0.3, -0.25) is 5.10 Å². The van der Waals surface area contributed by atoms with Crippen LogP contribution in [0.4, 0.5) is 13.2 Å². The Morgan fingerprint density at radius 2 is 2.00 bits per heavy atom. The Balaban J connectivity index is 2.70. The molecule has 0 amide bonds. The molecule has 6 heteroatoms. The average molecular weight is 202 g/mol. The van der Waals surface area contributed by atoms with E-state index in [1.165, 1.54) is 18.2 Å². The van der Waals surface area contributed by atoms with Crippen molar-refractivity contribution < 1.29 is 18.3 Å². The lowest BCUT2D eigenvalue weighted by atomic mass is 10.2. The van der Waals surface area contributed by atoms with Crippen LogP contribution in [0.25, 0.3) is 10.9 Å². The molecule has 1 heterocycles. The van der Waals surface area contributed by atoms with E-state index < -0.39 is 11.9 Å². The Morgan fingerprint density at radius 1 is 1.29 bits per heavy atom. The first-order valence-corrected chi connectivity index (χ1v) is 3.73. The molecule has 0 saturated carbocycles. The summed E-state index contributed by atoms with van der Waals surface area (Å²) in [7, 11) is 0. The van der Waals surface area contributed by atoms with Crippen LogP contribution < -0.4 is 0 Å². The zero-order valence-corrected chi connectivity index (χ0v) is 6.76. The fourth-order valence-electron chi connectivity index (χ4n) is 1.22. The van der Waals surface area contributed by atoms with Crippen LogP contribution in [0, 0.1) is 0 Å². The predicted molar refractivity (Wildman–Crippen MR) is 42.8 cm³/mol. The van der Waals surface area contributed by atoms with Crippen LogP contribution in [0.15, 0.2) is 18.2 Å². The van der Waals surface area contributed by atoms with Crippen molar-refractivity contribution in [2.45, 2.75) is 6.18 Å². The average Bonchev–Trinajstić information content (AvgIpc) is 2.45. The molecule has 0 fully saturated rings. The van der Waals surface area contributed by atoms with Crippen molar-refractivity contribution in [3.05, 3.63) is 23.9 Å². The molecule has 14 heavy (non-hydrogen) atoms. The number of phenols is 1. The number of fused-ring (bicyclic) bond motifs is 1. The van der Waals surface area contributed by atoms with Gasteiger partial charge in [0.05, 0.1) is 5.52 Å². The molecule has 3 nitrogen and oxygen atoms in total. The Kier molecular flexibility index (Phi) is 1.67. The number of aromatic nitrogens is 2. The Morgan fingerprint density at radius 3 is 2.64 bits per heavy atom. The predicted octanol–water partition coefficient (Wildman–Crippen LogP) is 2.29. The number of aromatic amines is 1. The number of phenolic OH excluding ortho intramolecular Hbond substituents is 1. The maximum absolute atomic E-state index is 12.3. The lowest BCUT2D eigenvalue weighted by Gasteiger charge is -2.02. The first-order chi connectivity index (χ1) is 6.48. The number of hydrogen-bond donors (Lipinski definition) is 2. The van der Waals surface area contributed by atoms with Crippen molar-refractivity contribution in [2.75, 3.05) is 0 Å². The van der Waals surface area contributed by atoms with Gasteiger partial charge in [-0.05, 0) is 12.1 Å². The largest absolute Gasteiger partial charge is 0.508 e. The molecule has 0 saturated heterocycles. The first-order valence-electron chi connectivity index (χ1n) is 3.73. The Bertz CT molecular complexity index is 475. The van der Waals surface area contributed by atoms with E-state index in [0.29, 0.717) is 0 Å². The summed E-state index contributed by atoms with van der Waals surface area (Å²) >= 11 is 0. The van der Waals surface area contributed by atoms with Crippen molar-refractivity contribution in [3.63, 3.8) is 0 Å². The topological polar surface area (TPSA) is 48.9 Å². The molecule has 0 bridgehead atoms. The highest BCUT2D eigenvalue weighted by Gasteiger charge is 2.34. The fourth-order valence-corrected chi connectivity index (χ4v) is 1.22. The molecule has 1 aromatic heterocycles. The van der Waals surface area contributed by atoms with Gasteiger partial charge >= 0.3 is 6.18 Å². The van der Waals surface area contributed by atoms with Gasteiger partial charge in [0.2, 0.25) is 0 Å². The lowest BCUT2D eigenvalue weighted by molar-refractivity contribution is -0.139. The minimum atomic E-state index is -4.45. The number of nitrogens with one attached hydrogen (secondary N) is 1. The summed E-state index contributed by atoms with van der Waals surface area (Å²) in [5.41, 5.74) is -0.801. The molecule has 0 unspecified atom stereocenters. The van der Waals surface area contributed by atoms with Crippen molar-refractivity contribution in [2.24, 2.45) is 0 Å². The van der Waals surface area contributed by atoms with Gasteiger partial charge in [-0.1, -0.05) is 0 Å². The molecule has 0 radical (unpaired) electrons. The van der Waals surface area contributed by atoms with Crippen LogP contribution in [0.3, 0.4) is 0 Å². The van der Waals surface area contributed by atoms with Gasteiger partial charge in [0.1, 0.15) is 11.4 Å². The van der Waals surface area contributed by atoms with Crippen molar-refractivity contribution in [1.82, 2.24) is 10.2 Å². The molecule has 0 aliphatic heterocycles. The molecule has 0 atom stereocenters.